The maximum absolute atomic E-state index is 12.7. The number of carbonyl (C=O) groups is 1. The lowest BCUT2D eigenvalue weighted by molar-refractivity contribution is 0.102. The molecule has 4 rings (SSSR count). The van der Waals surface area contributed by atoms with Crippen molar-refractivity contribution in [3.63, 3.8) is 0 Å². The molecule has 2 N–H and O–H groups in total. The van der Waals surface area contributed by atoms with E-state index >= 15 is 0 Å². The van der Waals surface area contributed by atoms with Crippen molar-refractivity contribution in [2.75, 3.05) is 25.0 Å². The third-order valence-corrected chi connectivity index (χ3v) is 5.62. The molecule has 8 nitrogen and oxygen atoms in total. The molecule has 3 heterocycles. The first-order chi connectivity index (χ1) is 13.2. The number of ether oxygens (including phenoxy) is 1. The number of anilines is 1. The Balaban J connectivity index is 1.52. The van der Waals surface area contributed by atoms with Gasteiger partial charge in [-0.1, -0.05) is 16.6 Å². The van der Waals surface area contributed by atoms with E-state index in [1.54, 1.807) is 0 Å². The fraction of sp³-hybridized carbons (Fsp3) is 0.444. The van der Waals surface area contributed by atoms with Crippen molar-refractivity contribution >= 4 is 32.6 Å². The summed E-state index contributed by atoms with van der Waals surface area (Å²) >= 11 is 1.41. The first kappa shape index (κ1) is 17.9. The lowest BCUT2D eigenvalue weighted by atomic mass is 10.1. The van der Waals surface area contributed by atoms with Crippen molar-refractivity contribution in [1.29, 1.82) is 0 Å². The summed E-state index contributed by atoms with van der Waals surface area (Å²) in [6, 6.07) is 6.00. The van der Waals surface area contributed by atoms with Gasteiger partial charge in [-0.25, -0.2) is 9.67 Å². The van der Waals surface area contributed by atoms with E-state index < -0.39 is 0 Å². The molecular formula is C18H22N6O2S. The second-order valence-corrected chi connectivity index (χ2v) is 7.52. The van der Waals surface area contributed by atoms with E-state index in [1.165, 1.54) is 11.3 Å². The highest BCUT2D eigenvalue weighted by Gasteiger charge is 2.23. The maximum Gasteiger partial charge on any atom is 0.279 e. The predicted octanol–water partition coefficient (Wildman–Crippen LogP) is 2.77. The fourth-order valence-electron chi connectivity index (χ4n) is 3.32. The number of hydrogen-bond acceptors (Lipinski definition) is 7. The Morgan fingerprint density at radius 3 is 3.00 bits per heavy atom. The molecule has 0 spiro atoms. The SMILES string of the molecule is CCOc1ccc2nc(NC(=O)c3nnn(C4CCNCC4)c3C)sc2c1. The topological polar surface area (TPSA) is 94.0 Å². The van der Waals surface area contributed by atoms with Gasteiger partial charge in [0.15, 0.2) is 10.8 Å². The van der Waals surface area contributed by atoms with E-state index in [2.05, 4.69) is 25.9 Å². The minimum absolute atomic E-state index is 0.281. The molecule has 0 atom stereocenters. The zero-order valence-corrected chi connectivity index (χ0v) is 16.2. The lowest BCUT2D eigenvalue weighted by Gasteiger charge is -2.23. The first-order valence-corrected chi connectivity index (χ1v) is 9.94. The Morgan fingerprint density at radius 2 is 2.22 bits per heavy atom. The van der Waals surface area contributed by atoms with E-state index in [1.807, 2.05) is 36.7 Å². The van der Waals surface area contributed by atoms with Crippen LogP contribution in [0.4, 0.5) is 5.13 Å². The number of piperidine rings is 1. The van der Waals surface area contributed by atoms with Crippen LogP contribution in [0, 0.1) is 6.92 Å². The molecule has 2 aromatic heterocycles. The first-order valence-electron chi connectivity index (χ1n) is 9.13. The van der Waals surface area contributed by atoms with Gasteiger partial charge in [0, 0.05) is 0 Å². The molecule has 27 heavy (non-hydrogen) atoms. The van der Waals surface area contributed by atoms with Crippen LogP contribution in [0.3, 0.4) is 0 Å². The van der Waals surface area contributed by atoms with Crippen LogP contribution in [0.25, 0.3) is 10.2 Å². The summed E-state index contributed by atoms with van der Waals surface area (Å²) in [6.45, 7) is 6.37. The molecule has 1 aliphatic heterocycles. The molecule has 9 heteroatoms. The predicted molar refractivity (Wildman–Crippen MR) is 105 cm³/mol. The highest BCUT2D eigenvalue weighted by molar-refractivity contribution is 7.22. The smallest absolute Gasteiger partial charge is 0.279 e. The maximum atomic E-state index is 12.7. The molecule has 1 aromatic carbocycles. The monoisotopic (exact) mass is 386 g/mol. The quantitative estimate of drug-likeness (QED) is 0.700. The van der Waals surface area contributed by atoms with E-state index in [9.17, 15) is 4.79 Å². The van der Waals surface area contributed by atoms with Gasteiger partial charge in [-0.15, -0.1) is 5.10 Å². The van der Waals surface area contributed by atoms with E-state index in [4.69, 9.17) is 4.74 Å². The molecular weight excluding hydrogens is 364 g/mol. The summed E-state index contributed by atoms with van der Waals surface area (Å²) < 4.78 is 8.36. The summed E-state index contributed by atoms with van der Waals surface area (Å²) in [5, 5.41) is 15.1. The molecule has 0 radical (unpaired) electrons. The number of benzene rings is 1. The largest absolute Gasteiger partial charge is 0.494 e. The molecule has 1 aliphatic rings. The van der Waals surface area contributed by atoms with Crippen molar-refractivity contribution < 1.29 is 9.53 Å². The third kappa shape index (κ3) is 3.65. The van der Waals surface area contributed by atoms with E-state index in [0.717, 1.165) is 47.6 Å². The van der Waals surface area contributed by atoms with Crippen LogP contribution in [-0.2, 0) is 0 Å². The van der Waals surface area contributed by atoms with Gasteiger partial charge in [0.25, 0.3) is 5.91 Å². The fourth-order valence-corrected chi connectivity index (χ4v) is 4.21. The number of aromatic nitrogens is 4. The van der Waals surface area contributed by atoms with Gasteiger partial charge in [0.2, 0.25) is 0 Å². The van der Waals surface area contributed by atoms with Gasteiger partial charge in [0.1, 0.15) is 5.75 Å². The highest BCUT2D eigenvalue weighted by atomic mass is 32.1. The number of fused-ring (bicyclic) bond motifs is 1. The molecule has 1 fully saturated rings. The summed E-state index contributed by atoms with van der Waals surface area (Å²) in [6.07, 6.45) is 1.98. The lowest BCUT2D eigenvalue weighted by Crippen LogP contribution is -2.30. The van der Waals surface area contributed by atoms with Crippen LogP contribution in [0.2, 0.25) is 0 Å². The van der Waals surface area contributed by atoms with E-state index in [-0.39, 0.29) is 5.91 Å². The Morgan fingerprint density at radius 1 is 1.41 bits per heavy atom. The summed E-state index contributed by atoms with van der Waals surface area (Å²) in [5.74, 6) is 0.518. The number of nitrogens with one attached hydrogen (secondary N) is 2. The van der Waals surface area contributed by atoms with Gasteiger partial charge in [-0.3, -0.25) is 10.1 Å². The molecule has 3 aromatic rings. The van der Waals surface area contributed by atoms with Crippen molar-refractivity contribution in [3.8, 4) is 5.75 Å². The molecule has 1 saturated heterocycles. The Labute approximate surface area is 160 Å². The zero-order valence-electron chi connectivity index (χ0n) is 15.4. The number of thiazole rings is 1. The molecule has 0 unspecified atom stereocenters. The number of amides is 1. The van der Waals surface area contributed by atoms with Crippen molar-refractivity contribution in [2.45, 2.75) is 32.7 Å². The van der Waals surface area contributed by atoms with Crippen LogP contribution in [0.5, 0.6) is 5.75 Å². The second kappa shape index (κ2) is 7.61. The summed E-state index contributed by atoms with van der Waals surface area (Å²) in [4.78, 5) is 17.2. The van der Waals surface area contributed by atoms with Crippen LogP contribution >= 0.6 is 11.3 Å². The number of nitrogens with zero attached hydrogens (tertiary/aromatic N) is 4. The minimum atomic E-state index is -0.281. The van der Waals surface area contributed by atoms with Crippen LogP contribution in [0.1, 0.15) is 42.0 Å². The van der Waals surface area contributed by atoms with Gasteiger partial charge >= 0.3 is 0 Å². The number of rotatable bonds is 5. The Kier molecular flexibility index (Phi) is 5.04. The van der Waals surface area contributed by atoms with Crippen LogP contribution < -0.4 is 15.4 Å². The highest BCUT2D eigenvalue weighted by Crippen LogP contribution is 2.29. The number of hydrogen-bond donors (Lipinski definition) is 2. The minimum Gasteiger partial charge on any atom is -0.494 e. The summed E-state index contributed by atoms with van der Waals surface area (Å²) in [7, 11) is 0. The summed E-state index contributed by atoms with van der Waals surface area (Å²) in [5.41, 5.74) is 1.97. The van der Waals surface area contributed by atoms with E-state index in [0.29, 0.717) is 23.5 Å². The van der Waals surface area contributed by atoms with Gasteiger partial charge in [0.05, 0.1) is 28.6 Å². The van der Waals surface area contributed by atoms with Crippen molar-refractivity contribution in [3.05, 3.63) is 29.6 Å². The average Bonchev–Trinajstić information content (AvgIpc) is 3.25. The second-order valence-electron chi connectivity index (χ2n) is 6.48. The van der Waals surface area contributed by atoms with Crippen LogP contribution in [-0.4, -0.2) is 45.6 Å². The third-order valence-electron chi connectivity index (χ3n) is 4.69. The molecule has 1 amide bonds. The standard InChI is InChI=1S/C18H22N6O2S/c1-3-26-13-4-5-14-15(10-13)27-18(20-14)21-17(25)16-11(2)24(23-22-16)12-6-8-19-9-7-12/h4-5,10,12,19H,3,6-9H2,1-2H3,(H,20,21,25). The van der Waals surface area contributed by atoms with Crippen molar-refractivity contribution in [2.24, 2.45) is 0 Å². The number of carbonyl (C=O) groups excluding carboxylic acids is 1. The van der Waals surface area contributed by atoms with Gasteiger partial charge in [-0.05, 0) is 58.0 Å². The van der Waals surface area contributed by atoms with Crippen LogP contribution in [0.15, 0.2) is 18.2 Å². The van der Waals surface area contributed by atoms with Gasteiger partial charge in [-0.2, -0.15) is 0 Å². The normalized spacial score (nSPS) is 15.2. The molecule has 0 bridgehead atoms. The average molecular weight is 386 g/mol. The molecule has 0 aliphatic carbocycles. The zero-order chi connectivity index (χ0) is 18.8. The molecule has 142 valence electrons. The Hall–Kier alpha value is -2.52. The van der Waals surface area contributed by atoms with Crippen molar-refractivity contribution in [1.82, 2.24) is 25.3 Å². The Bertz CT molecular complexity index is 960. The van der Waals surface area contributed by atoms with Gasteiger partial charge < -0.3 is 10.1 Å². The molecule has 0 saturated carbocycles.